The number of H-pyrrole nitrogens is 1. The first kappa shape index (κ1) is 22.2. The fraction of sp³-hybridized carbons (Fsp3) is 0.280. The average molecular weight is 477 g/mol. The van der Waals surface area contributed by atoms with E-state index in [1.807, 2.05) is 54.6 Å². The lowest BCUT2D eigenvalue weighted by atomic mass is 9.91. The zero-order valence-corrected chi connectivity index (χ0v) is 19.3. The third-order valence-electron chi connectivity index (χ3n) is 5.98. The van der Waals surface area contributed by atoms with E-state index >= 15 is 0 Å². The van der Waals surface area contributed by atoms with E-state index in [-0.39, 0.29) is 18.7 Å². The molecule has 8 nitrogen and oxygen atoms in total. The molecule has 0 saturated heterocycles. The first-order valence-electron chi connectivity index (χ1n) is 11.4. The van der Waals surface area contributed by atoms with Gasteiger partial charge in [0.05, 0.1) is 16.7 Å². The summed E-state index contributed by atoms with van der Waals surface area (Å²) < 4.78 is 5.37. The largest absolute Gasteiger partial charge is 0.445 e. The number of ether oxygens (including phenoxy) is 1. The Morgan fingerprint density at radius 3 is 2.74 bits per heavy atom. The molecule has 5 rings (SSSR count). The number of halogens is 1. The van der Waals surface area contributed by atoms with Gasteiger partial charge in [0, 0.05) is 17.5 Å². The monoisotopic (exact) mass is 476 g/mol. The Hall–Kier alpha value is -3.65. The molecule has 174 valence electrons. The summed E-state index contributed by atoms with van der Waals surface area (Å²) in [6.45, 7) is 0.254. The van der Waals surface area contributed by atoms with Crippen LogP contribution in [0.1, 0.15) is 31.2 Å². The maximum Gasteiger partial charge on any atom is 0.407 e. The molecule has 34 heavy (non-hydrogen) atoms. The van der Waals surface area contributed by atoms with E-state index in [0.29, 0.717) is 22.4 Å². The standard InChI is InChI=1S/C25H25ClN6O2/c26-20-14-27-24(30-23(20)22-19-11-4-5-12-21(19)31-32-22)28-17-9-6-10-18(13-17)29-25(33)34-15-16-7-2-1-3-8-16/h1-5,7-8,11-12,14,17-18H,6,9-10,13,15H2,(H,29,33)(H,31,32)(H,27,28,30)/t17-,18+/m1/s1. The number of para-hydroxylation sites is 1. The molecular weight excluding hydrogens is 452 g/mol. The molecule has 0 bridgehead atoms. The van der Waals surface area contributed by atoms with E-state index in [0.717, 1.165) is 42.1 Å². The van der Waals surface area contributed by atoms with Crippen LogP contribution in [0, 0.1) is 0 Å². The summed E-state index contributed by atoms with van der Waals surface area (Å²) in [7, 11) is 0. The summed E-state index contributed by atoms with van der Waals surface area (Å²) in [4.78, 5) is 21.3. The molecule has 2 aromatic carbocycles. The van der Waals surface area contributed by atoms with Crippen LogP contribution < -0.4 is 10.6 Å². The Bertz CT molecular complexity index is 1280. The van der Waals surface area contributed by atoms with Crippen molar-refractivity contribution in [1.29, 1.82) is 0 Å². The van der Waals surface area contributed by atoms with Gasteiger partial charge in [0.25, 0.3) is 0 Å². The van der Waals surface area contributed by atoms with Gasteiger partial charge in [-0.3, -0.25) is 5.10 Å². The zero-order valence-electron chi connectivity index (χ0n) is 18.5. The highest BCUT2D eigenvalue weighted by Crippen LogP contribution is 2.31. The Morgan fingerprint density at radius 2 is 1.85 bits per heavy atom. The molecule has 0 radical (unpaired) electrons. The number of carbonyl (C=O) groups excluding carboxylic acids is 1. The van der Waals surface area contributed by atoms with Crippen LogP contribution in [-0.2, 0) is 11.3 Å². The molecule has 1 amide bonds. The number of amides is 1. The average Bonchev–Trinajstić information content (AvgIpc) is 3.29. The minimum absolute atomic E-state index is 0.0246. The highest BCUT2D eigenvalue weighted by Gasteiger charge is 2.25. The normalized spacial score (nSPS) is 17.9. The first-order chi connectivity index (χ1) is 16.7. The zero-order chi connectivity index (χ0) is 23.3. The third-order valence-corrected chi connectivity index (χ3v) is 6.26. The summed E-state index contributed by atoms with van der Waals surface area (Å²) >= 11 is 6.42. The van der Waals surface area contributed by atoms with E-state index in [4.69, 9.17) is 16.3 Å². The SMILES string of the molecule is O=C(N[C@H]1CCC[C@@H](Nc2ncc(Cl)c(-c3n[nH]c4ccccc34)n2)C1)OCc1ccccc1. The van der Waals surface area contributed by atoms with Crippen molar-refractivity contribution in [2.24, 2.45) is 0 Å². The van der Waals surface area contributed by atoms with Crippen molar-refractivity contribution in [3.8, 4) is 11.4 Å². The van der Waals surface area contributed by atoms with Gasteiger partial charge in [-0.25, -0.2) is 14.8 Å². The first-order valence-corrected chi connectivity index (χ1v) is 11.7. The number of nitrogens with zero attached hydrogens (tertiary/aromatic N) is 3. The second-order valence-electron chi connectivity index (χ2n) is 8.42. The Balaban J connectivity index is 1.21. The predicted molar refractivity (Wildman–Crippen MR) is 132 cm³/mol. The lowest BCUT2D eigenvalue weighted by molar-refractivity contribution is 0.132. The fourth-order valence-electron chi connectivity index (χ4n) is 4.31. The van der Waals surface area contributed by atoms with Crippen LogP contribution in [-0.4, -0.2) is 38.3 Å². The number of hydrogen-bond acceptors (Lipinski definition) is 6. The van der Waals surface area contributed by atoms with Crippen LogP contribution in [0.5, 0.6) is 0 Å². The van der Waals surface area contributed by atoms with Gasteiger partial charge in [0.15, 0.2) is 0 Å². The molecule has 1 aliphatic rings. The molecule has 1 saturated carbocycles. The van der Waals surface area contributed by atoms with E-state index in [1.54, 1.807) is 6.20 Å². The molecule has 4 aromatic rings. The number of aromatic amines is 1. The Morgan fingerprint density at radius 1 is 1.06 bits per heavy atom. The molecule has 2 aromatic heterocycles. The van der Waals surface area contributed by atoms with Gasteiger partial charge in [0.2, 0.25) is 5.95 Å². The van der Waals surface area contributed by atoms with Gasteiger partial charge in [-0.2, -0.15) is 5.10 Å². The van der Waals surface area contributed by atoms with Crippen molar-refractivity contribution in [2.75, 3.05) is 5.32 Å². The summed E-state index contributed by atoms with van der Waals surface area (Å²) in [5.41, 5.74) is 3.14. The molecule has 0 spiro atoms. The second-order valence-corrected chi connectivity index (χ2v) is 8.83. The number of hydrogen-bond donors (Lipinski definition) is 3. The number of benzene rings is 2. The van der Waals surface area contributed by atoms with Crippen LogP contribution in [0.3, 0.4) is 0 Å². The number of alkyl carbamates (subject to hydrolysis) is 1. The molecule has 2 heterocycles. The van der Waals surface area contributed by atoms with Gasteiger partial charge < -0.3 is 15.4 Å². The van der Waals surface area contributed by atoms with E-state index in [1.165, 1.54) is 0 Å². The van der Waals surface area contributed by atoms with E-state index in [9.17, 15) is 4.79 Å². The quantitative estimate of drug-likeness (QED) is 0.347. The summed E-state index contributed by atoms with van der Waals surface area (Å²) in [5, 5.41) is 15.2. The van der Waals surface area contributed by atoms with Crippen molar-refractivity contribution in [1.82, 2.24) is 25.5 Å². The lowest BCUT2D eigenvalue weighted by Crippen LogP contribution is -2.42. The van der Waals surface area contributed by atoms with Gasteiger partial charge in [-0.15, -0.1) is 0 Å². The molecule has 1 fully saturated rings. The predicted octanol–water partition coefficient (Wildman–Crippen LogP) is 5.32. The molecule has 9 heteroatoms. The summed E-state index contributed by atoms with van der Waals surface area (Å²) in [5.74, 6) is 0.490. The topological polar surface area (TPSA) is 105 Å². The molecule has 2 atom stereocenters. The van der Waals surface area contributed by atoms with Crippen molar-refractivity contribution in [2.45, 2.75) is 44.4 Å². The number of carbonyl (C=O) groups is 1. The van der Waals surface area contributed by atoms with Crippen LogP contribution in [0.25, 0.3) is 22.3 Å². The van der Waals surface area contributed by atoms with Crippen molar-refractivity contribution >= 4 is 34.5 Å². The highest BCUT2D eigenvalue weighted by atomic mass is 35.5. The maximum absolute atomic E-state index is 12.3. The third kappa shape index (κ3) is 5.12. The second kappa shape index (κ2) is 10.1. The van der Waals surface area contributed by atoms with Gasteiger partial charge in [-0.05, 0) is 37.3 Å². The Labute approximate surface area is 202 Å². The number of rotatable bonds is 6. The van der Waals surface area contributed by atoms with Crippen molar-refractivity contribution in [3.05, 3.63) is 71.4 Å². The molecule has 0 aliphatic heterocycles. The van der Waals surface area contributed by atoms with Gasteiger partial charge >= 0.3 is 6.09 Å². The summed E-state index contributed by atoms with van der Waals surface area (Å²) in [6, 6.07) is 17.6. The van der Waals surface area contributed by atoms with E-state index < -0.39 is 6.09 Å². The lowest BCUT2D eigenvalue weighted by Gasteiger charge is -2.30. The Kier molecular flexibility index (Phi) is 6.58. The van der Waals surface area contributed by atoms with E-state index in [2.05, 4.69) is 30.8 Å². The minimum Gasteiger partial charge on any atom is -0.445 e. The number of anilines is 1. The van der Waals surface area contributed by atoms with Crippen LogP contribution in [0.2, 0.25) is 5.02 Å². The number of nitrogens with one attached hydrogen (secondary N) is 3. The molecule has 0 unspecified atom stereocenters. The van der Waals surface area contributed by atoms with Crippen molar-refractivity contribution in [3.63, 3.8) is 0 Å². The molecule has 3 N–H and O–H groups in total. The summed E-state index contributed by atoms with van der Waals surface area (Å²) in [6.07, 6.45) is 4.80. The van der Waals surface area contributed by atoms with Gasteiger partial charge in [0.1, 0.15) is 18.0 Å². The fourth-order valence-corrected chi connectivity index (χ4v) is 4.49. The highest BCUT2D eigenvalue weighted by molar-refractivity contribution is 6.33. The smallest absolute Gasteiger partial charge is 0.407 e. The maximum atomic E-state index is 12.3. The van der Waals surface area contributed by atoms with Gasteiger partial charge in [-0.1, -0.05) is 60.1 Å². The van der Waals surface area contributed by atoms with Crippen LogP contribution in [0.15, 0.2) is 60.8 Å². The van der Waals surface area contributed by atoms with Crippen LogP contribution >= 0.6 is 11.6 Å². The van der Waals surface area contributed by atoms with Crippen LogP contribution in [0.4, 0.5) is 10.7 Å². The minimum atomic E-state index is -0.398. The molecular formula is C25H25ClN6O2. The molecule has 1 aliphatic carbocycles. The number of fused-ring (bicyclic) bond motifs is 1. The number of aromatic nitrogens is 4. The van der Waals surface area contributed by atoms with Crippen molar-refractivity contribution < 1.29 is 9.53 Å².